The van der Waals surface area contributed by atoms with E-state index in [1.807, 2.05) is 0 Å². The number of rotatable bonds is 5. The molecular weight excluding hydrogens is 420 g/mol. The second-order valence-electron chi connectivity index (χ2n) is 4.84. The molecule has 0 aromatic heterocycles. The first kappa shape index (κ1) is 19.4. The quantitative estimate of drug-likeness (QED) is 0.414. The Hall–Kier alpha value is -2.89. The number of nitro benzene ring substituents is 1. The van der Waals surface area contributed by atoms with Gasteiger partial charge in [-0.2, -0.15) is 0 Å². The maximum Gasteiger partial charge on any atom is 0.343 e. The lowest BCUT2D eigenvalue weighted by molar-refractivity contribution is -0.385. The van der Waals surface area contributed by atoms with Crippen molar-refractivity contribution in [3.63, 3.8) is 0 Å². The Labute approximate surface area is 154 Å². The lowest BCUT2D eigenvalue weighted by Gasteiger charge is -2.23. The first-order valence-electron chi connectivity index (χ1n) is 7.08. The third-order valence-corrected chi connectivity index (χ3v) is 3.94. The molecule has 12 heteroatoms. The lowest BCUT2D eigenvalue weighted by Crippen LogP contribution is -2.24. The van der Waals surface area contributed by atoms with Crippen LogP contribution in [0.5, 0.6) is 11.5 Å². The number of nitrogens with zero attached hydrogens (tertiary/aromatic N) is 1. The molecule has 1 amide bonds. The predicted octanol–water partition coefficient (Wildman–Crippen LogP) is 1.42. The molecule has 1 N–H and O–H groups in total. The van der Waals surface area contributed by atoms with E-state index in [1.165, 1.54) is 0 Å². The van der Waals surface area contributed by atoms with Crippen LogP contribution in [0.4, 0.5) is 11.4 Å². The molecular formula is C14H13BrN2O9. The van der Waals surface area contributed by atoms with Gasteiger partial charge in [-0.25, -0.2) is 4.79 Å². The van der Waals surface area contributed by atoms with Crippen molar-refractivity contribution in [2.45, 2.75) is 6.92 Å². The average Bonchev–Trinajstić information content (AvgIpc) is 2.59. The number of ether oxygens (including phenoxy) is 4. The Bertz CT molecular complexity index is 793. The molecule has 1 aliphatic heterocycles. The monoisotopic (exact) mass is 432 g/mol. The van der Waals surface area contributed by atoms with Crippen LogP contribution in [-0.4, -0.2) is 49.7 Å². The molecule has 0 aliphatic carbocycles. The summed E-state index contributed by atoms with van der Waals surface area (Å²) in [6.07, 6.45) is 0. The van der Waals surface area contributed by atoms with Gasteiger partial charge in [0.05, 0.1) is 16.5 Å². The third kappa shape index (κ3) is 3.85. The maximum absolute atomic E-state index is 12.1. The molecule has 26 heavy (non-hydrogen) atoms. The Morgan fingerprint density at radius 2 is 1.88 bits per heavy atom. The summed E-state index contributed by atoms with van der Waals surface area (Å²) in [5, 5.41) is 13.8. The number of anilines is 1. The molecule has 11 nitrogen and oxygen atoms in total. The molecule has 0 saturated carbocycles. The van der Waals surface area contributed by atoms with Crippen LogP contribution in [-0.2, 0) is 19.1 Å². The summed E-state index contributed by atoms with van der Waals surface area (Å²) < 4.78 is 19.7. The van der Waals surface area contributed by atoms with Crippen molar-refractivity contribution in [2.24, 2.45) is 0 Å². The zero-order valence-electron chi connectivity index (χ0n) is 13.6. The summed E-state index contributed by atoms with van der Waals surface area (Å²) in [6.45, 7) is 0.516. The van der Waals surface area contributed by atoms with Crippen molar-refractivity contribution in [3.8, 4) is 11.5 Å². The Kier molecular flexibility index (Phi) is 5.97. The number of methoxy groups -OCH3 is 1. The fourth-order valence-electron chi connectivity index (χ4n) is 2.14. The van der Waals surface area contributed by atoms with Crippen LogP contribution in [0.1, 0.15) is 17.3 Å². The molecule has 140 valence electrons. The van der Waals surface area contributed by atoms with E-state index in [4.69, 9.17) is 9.47 Å². The van der Waals surface area contributed by atoms with Gasteiger partial charge in [-0.3, -0.25) is 19.7 Å². The van der Waals surface area contributed by atoms with Gasteiger partial charge in [-0.05, 0) is 15.9 Å². The second-order valence-corrected chi connectivity index (χ2v) is 5.64. The molecule has 0 unspecified atom stereocenters. The highest BCUT2D eigenvalue weighted by Gasteiger charge is 2.37. The van der Waals surface area contributed by atoms with Gasteiger partial charge >= 0.3 is 17.6 Å². The van der Waals surface area contributed by atoms with Crippen LogP contribution in [0.2, 0.25) is 0 Å². The van der Waals surface area contributed by atoms with Crippen LogP contribution in [0, 0.1) is 10.1 Å². The van der Waals surface area contributed by atoms with Crippen LogP contribution in [0.15, 0.2) is 4.47 Å². The van der Waals surface area contributed by atoms with Gasteiger partial charge in [0.25, 0.3) is 5.91 Å². The standard InChI is InChI=1S/C14H13BrN2O9/c1-6(18)26-5-7(19)16-10-9(15)8(14(20)23-2)12-13(11(10)17(21)22)25-4-3-24-12/h3-5H2,1-2H3,(H,16,19). The summed E-state index contributed by atoms with van der Waals surface area (Å²) in [5.74, 6) is -2.89. The van der Waals surface area contributed by atoms with Gasteiger partial charge in [-0.1, -0.05) is 0 Å². The zero-order chi connectivity index (χ0) is 19.4. The highest BCUT2D eigenvalue weighted by Crippen LogP contribution is 2.51. The summed E-state index contributed by atoms with van der Waals surface area (Å²) in [4.78, 5) is 45.6. The second kappa shape index (κ2) is 7.99. The van der Waals surface area contributed by atoms with E-state index in [-0.39, 0.29) is 40.4 Å². The molecule has 0 atom stereocenters. The lowest BCUT2D eigenvalue weighted by atomic mass is 10.1. The zero-order valence-corrected chi connectivity index (χ0v) is 15.2. The van der Waals surface area contributed by atoms with E-state index < -0.39 is 35.1 Å². The molecule has 0 fully saturated rings. The summed E-state index contributed by atoms with van der Waals surface area (Å²) in [7, 11) is 1.12. The third-order valence-electron chi connectivity index (χ3n) is 3.14. The van der Waals surface area contributed by atoms with Crippen LogP contribution in [0.25, 0.3) is 0 Å². The highest BCUT2D eigenvalue weighted by atomic mass is 79.9. The van der Waals surface area contributed by atoms with E-state index in [0.29, 0.717) is 0 Å². The molecule has 2 rings (SSSR count). The summed E-state index contributed by atoms with van der Waals surface area (Å²) >= 11 is 3.07. The Morgan fingerprint density at radius 1 is 1.27 bits per heavy atom. The number of carbonyl (C=O) groups excluding carboxylic acids is 3. The highest BCUT2D eigenvalue weighted by molar-refractivity contribution is 9.10. The molecule has 0 bridgehead atoms. The molecule has 1 aliphatic rings. The van der Waals surface area contributed by atoms with Gasteiger partial charge in [0.1, 0.15) is 24.5 Å². The van der Waals surface area contributed by atoms with Crippen LogP contribution >= 0.6 is 15.9 Å². The molecule has 0 saturated heterocycles. The number of amides is 1. The van der Waals surface area contributed by atoms with Crippen molar-refractivity contribution in [1.29, 1.82) is 0 Å². The van der Waals surface area contributed by atoms with Crippen LogP contribution < -0.4 is 14.8 Å². The fourth-order valence-corrected chi connectivity index (χ4v) is 2.77. The van der Waals surface area contributed by atoms with Crippen molar-refractivity contribution >= 4 is 45.2 Å². The van der Waals surface area contributed by atoms with E-state index >= 15 is 0 Å². The molecule has 1 aromatic carbocycles. The van der Waals surface area contributed by atoms with Gasteiger partial charge in [0.2, 0.25) is 5.75 Å². The van der Waals surface area contributed by atoms with E-state index in [2.05, 4.69) is 30.7 Å². The average molecular weight is 433 g/mol. The summed E-state index contributed by atoms with van der Waals surface area (Å²) in [6, 6.07) is 0. The van der Waals surface area contributed by atoms with Crippen molar-refractivity contribution in [2.75, 3.05) is 32.2 Å². The molecule has 0 spiro atoms. The fraction of sp³-hybridized carbons (Fsp3) is 0.357. The smallest absolute Gasteiger partial charge is 0.343 e. The minimum atomic E-state index is -0.857. The van der Waals surface area contributed by atoms with E-state index in [0.717, 1.165) is 14.0 Å². The molecule has 0 radical (unpaired) electrons. The molecule has 1 heterocycles. The number of benzene rings is 1. The number of nitrogens with one attached hydrogen (secondary N) is 1. The van der Waals surface area contributed by atoms with Gasteiger partial charge < -0.3 is 24.3 Å². The number of hydrogen-bond acceptors (Lipinski definition) is 9. The topological polar surface area (TPSA) is 143 Å². The van der Waals surface area contributed by atoms with Gasteiger partial charge in [0.15, 0.2) is 12.4 Å². The largest absolute Gasteiger partial charge is 0.485 e. The number of nitro groups is 1. The SMILES string of the molecule is COC(=O)c1c(Br)c(NC(=O)COC(C)=O)c([N+](=O)[O-])c2c1OCCO2. The molecule has 1 aromatic rings. The predicted molar refractivity (Wildman–Crippen MR) is 88.4 cm³/mol. The van der Waals surface area contributed by atoms with Gasteiger partial charge in [-0.15, -0.1) is 0 Å². The number of esters is 2. The van der Waals surface area contributed by atoms with E-state index in [1.54, 1.807) is 0 Å². The van der Waals surface area contributed by atoms with Gasteiger partial charge in [0, 0.05) is 6.92 Å². The Balaban J connectivity index is 2.61. The first-order valence-corrected chi connectivity index (χ1v) is 7.88. The number of hydrogen-bond donors (Lipinski definition) is 1. The van der Waals surface area contributed by atoms with Crippen LogP contribution in [0.3, 0.4) is 0 Å². The Morgan fingerprint density at radius 3 is 2.42 bits per heavy atom. The number of fused-ring (bicyclic) bond motifs is 1. The maximum atomic E-state index is 12.1. The minimum Gasteiger partial charge on any atom is -0.485 e. The van der Waals surface area contributed by atoms with Crippen molar-refractivity contribution in [1.82, 2.24) is 0 Å². The minimum absolute atomic E-state index is 0.0108. The number of halogens is 1. The normalized spacial score (nSPS) is 12.1. The number of carbonyl (C=O) groups is 3. The van der Waals surface area contributed by atoms with Crippen molar-refractivity contribution < 1.29 is 38.3 Å². The first-order chi connectivity index (χ1) is 12.3. The van der Waals surface area contributed by atoms with Crippen molar-refractivity contribution in [3.05, 3.63) is 20.2 Å². The summed E-state index contributed by atoms with van der Waals surface area (Å²) in [5.41, 5.74) is -1.15. The van der Waals surface area contributed by atoms with E-state index in [9.17, 15) is 24.5 Å².